The summed E-state index contributed by atoms with van der Waals surface area (Å²) in [5, 5.41) is 9.16. The molecule has 5 rings (SSSR count). The number of ether oxygens (including phenoxy) is 1. The third-order valence-corrected chi connectivity index (χ3v) is 5.80. The Morgan fingerprint density at radius 2 is 2.22 bits per heavy atom. The fraction of sp³-hybridized carbons (Fsp3) is 0.579. The maximum atomic E-state index is 5.94. The summed E-state index contributed by atoms with van der Waals surface area (Å²) < 4.78 is 9.89. The summed E-state index contributed by atoms with van der Waals surface area (Å²) in [7, 11) is 2.05. The maximum Gasteiger partial charge on any atom is 0.158 e. The van der Waals surface area contributed by atoms with Crippen molar-refractivity contribution in [1.29, 1.82) is 0 Å². The summed E-state index contributed by atoms with van der Waals surface area (Å²) in [6.07, 6.45) is 5.68. The van der Waals surface area contributed by atoms with Crippen LogP contribution in [0.3, 0.4) is 0 Å². The predicted octanol–water partition coefficient (Wildman–Crippen LogP) is 2.14. The van der Waals surface area contributed by atoms with Gasteiger partial charge in [0.1, 0.15) is 29.5 Å². The number of nitrogens with zero attached hydrogens (tertiary/aromatic N) is 7. The van der Waals surface area contributed by atoms with E-state index in [0.717, 1.165) is 68.2 Å². The Hall–Kier alpha value is -2.48. The summed E-state index contributed by atoms with van der Waals surface area (Å²) in [5.41, 5.74) is 5.85. The maximum absolute atomic E-state index is 5.94. The summed E-state index contributed by atoms with van der Waals surface area (Å²) >= 11 is 0. The van der Waals surface area contributed by atoms with E-state index < -0.39 is 0 Å². The Morgan fingerprint density at radius 3 is 3.00 bits per heavy atom. The summed E-state index contributed by atoms with van der Waals surface area (Å²) in [4.78, 5) is 11.8. The average Bonchev–Trinajstić information content (AvgIpc) is 3.40. The van der Waals surface area contributed by atoms with Gasteiger partial charge in [-0.1, -0.05) is 6.92 Å². The highest BCUT2D eigenvalue weighted by Crippen LogP contribution is 2.35. The van der Waals surface area contributed by atoms with Gasteiger partial charge in [-0.15, -0.1) is 0 Å². The largest absolute Gasteiger partial charge is 0.372 e. The monoisotopic (exact) mass is 367 g/mol. The lowest BCUT2D eigenvalue weighted by Gasteiger charge is -2.29. The molecular formula is C19H25N7O. The Labute approximate surface area is 158 Å². The minimum atomic E-state index is 0.0448. The molecule has 1 fully saturated rings. The van der Waals surface area contributed by atoms with Gasteiger partial charge in [-0.3, -0.25) is 4.68 Å². The molecular weight excluding hydrogens is 342 g/mol. The highest BCUT2D eigenvalue weighted by molar-refractivity contribution is 5.73. The lowest BCUT2D eigenvalue weighted by Crippen LogP contribution is -2.32. The van der Waals surface area contributed by atoms with Crippen molar-refractivity contribution in [2.45, 2.75) is 52.2 Å². The molecule has 2 aliphatic rings. The molecule has 0 amide bonds. The molecule has 8 nitrogen and oxygen atoms in total. The van der Waals surface area contributed by atoms with Crippen LogP contribution < -0.4 is 4.90 Å². The Balaban J connectivity index is 1.61. The zero-order chi connectivity index (χ0) is 18.5. The Bertz CT molecular complexity index is 999. The molecule has 0 spiro atoms. The minimum absolute atomic E-state index is 0.0448. The van der Waals surface area contributed by atoms with Crippen LogP contribution in [0.5, 0.6) is 0 Å². The van der Waals surface area contributed by atoms with Gasteiger partial charge in [0.2, 0.25) is 0 Å². The molecule has 142 valence electrons. The van der Waals surface area contributed by atoms with Crippen molar-refractivity contribution in [3.8, 4) is 0 Å². The zero-order valence-electron chi connectivity index (χ0n) is 16.1. The van der Waals surface area contributed by atoms with E-state index in [1.807, 2.05) is 23.2 Å². The van der Waals surface area contributed by atoms with Crippen LogP contribution in [-0.4, -0.2) is 42.5 Å². The first-order valence-electron chi connectivity index (χ1n) is 9.77. The molecule has 0 saturated carbocycles. The fourth-order valence-electron chi connectivity index (χ4n) is 4.47. The van der Waals surface area contributed by atoms with Crippen molar-refractivity contribution in [3.63, 3.8) is 0 Å². The molecule has 27 heavy (non-hydrogen) atoms. The van der Waals surface area contributed by atoms with E-state index in [9.17, 15) is 0 Å². The normalized spacial score (nSPS) is 19.8. The highest BCUT2D eigenvalue weighted by atomic mass is 16.5. The third-order valence-electron chi connectivity index (χ3n) is 5.80. The molecule has 8 heteroatoms. The molecule has 1 atom stereocenters. The Kier molecular flexibility index (Phi) is 3.89. The number of imidazole rings is 1. The molecule has 5 heterocycles. The number of anilines is 1. The highest BCUT2D eigenvalue weighted by Gasteiger charge is 2.30. The van der Waals surface area contributed by atoms with E-state index in [2.05, 4.69) is 21.9 Å². The standard InChI is InChI=1S/C19H25N7O/c1-4-14-13-10-25(8-7-15(13)24(3)23-14)19-18-17(16-6-5-9-27-16)22-12(2)26(18)21-11-20-19/h11,16H,4-10H2,1-3H3/t16-/m1/s1. The number of hydrogen-bond acceptors (Lipinski definition) is 6. The number of hydrogen-bond donors (Lipinski definition) is 0. The van der Waals surface area contributed by atoms with Crippen LogP contribution in [0.15, 0.2) is 6.33 Å². The van der Waals surface area contributed by atoms with Crippen LogP contribution in [0.25, 0.3) is 5.52 Å². The van der Waals surface area contributed by atoms with E-state index >= 15 is 0 Å². The van der Waals surface area contributed by atoms with Gasteiger partial charge in [0.05, 0.1) is 5.69 Å². The second kappa shape index (κ2) is 6.30. The lowest BCUT2D eigenvalue weighted by atomic mass is 10.0. The van der Waals surface area contributed by atoms with Crippen molar-refractivity contribution < 1.29 is 4.74 Å². The SMILES string of the molecule is CCc1nn(C)c2c1CN(c1ncnn3c(C)nc([C@H]4CCCO4)c13)CC2. The molecule has 0 unspecified atom stereocenters. The molecule has 0 aromatic carbocycles. The van der Waals surface area contributed by atoms with Crippen molar-refractivity contribution in [1.82, 2.24) is 29.4 Å². The zero-order valence-corrected chi connectivity index (χ0v) is 16.1. The molecule has 0 radical (unpaired) electrons. The van der Waals surface area contributed by atoms with Crippen molar-refractivity contribution in [3.05, 3.63) is 34.8 Å². The molecule has 1 saturated heterocycles. The third kappa shape index (κ3) is 2.54. The van der Waals surface area contributed by atoms with Crippen LogP contribution in [0.4, 0.5) is 5.82 Å². The van der Waals surface area contributed by atoms with Crippen LogP contribution >= 0.6 is 0 Å². The van der Waals surface area contributed by atoms with Gasteiger partial charge in [-0.25, -0.2) is 14.5 Å². The fourth-order valence-corrected chi connectivity index (χ4v) is 4.47. The molecule has 0 aliphatic carbocycles. The number of fused-ring (bicyclic) bond motifs is 2. The van der Waals surface area contributed by atoms with Gasteiger partial charge in [-0.05, 0) is 26.2 Å². The first kappa shape index (κ1) is 16.7. The quantitative estimate of drug-likeness (QED) is 0.706. The van der Waals surface area contributed by atoms with E-state index in [1.54, 1.807) is 6.33 Å². The molecule has 2 aliphatic heterocycles. The second-order valence-electron chi connectivity index (χ2n) is 7.41. The van der Waals surface area contributed by atoms with Crippen LogP contribution in [0.2, 0.25) is 0 Å². The molecule has 0 N–H and O–H groups in total. The summed E-state index contributed by atoms with van der Waals surface area (Å²) in [6, 6.07) is 0. The number of rotatable bonds is 3. The Morgan fingerprint density at radius 1 is 1.33 bits per heavy atom. The van der Waals surface area contributed by atoms with Gasteiger partial charge in [0.15, 0.2) is 5.82 Å². The van der Waals surface area contributed by atoms with E-state index in [1.165, 1.54) is 17.0 Å². The van der Waals surface area contributed by atoms with Gasteiger partial charge in [0, 0.05) is 44.4 Å². The topological polar surface area (TPSA) is 73.4 Å². The van der Waals surface area contributed by atoms with Crippen LogP contribution in [0, 0.1) is 6.92 Å². The minimum Gasteiger partial charge on any atom is -0.372 e. The lowest BCUT2D eigenvalue weighted by molar-refractivity contribution is 0.110. The molecule has 3 aromatic heterocycles. The number of aromatic nitrogens is 6. The first-order valence-corrected chi connectivity index (χ1v) is 9.77. The van der Waals surface area contributed by atoms with Crippen molar-refractivity contribution in [2.75, 3.05) is 18.1 Å². The van der Waals surface area contributed by atoms with E-state index in [-0.39, 0.29) is 6.10 Å². The predicted molar refractivity (Wildman–Crippen MR) is 101 cm³/mol. The smallest absolute Gasteiger partial charge is 0.158 e. The van der Waals surface area contributed by atoms with Gasteiger partial charge < -0.3 is 9.64 Å². The molecule has 3 aromatic rings. The second-order valence-corrected chi connectivity index (χ2v) is 7.41. The van der Waals surface area contributed by atoms with Gasteiger partial charge in [0.25, 0.3) is 0 Å². The molecule has 0 bridgehead atoms. The summed E-state index contributed by atoms with van der Waals surface area (Å²) in [6.45, 7) is 6.70. The van der Waals surface area contributed by atoms with Crippen LogP contribution in [0.1, 0.15) is 54.3 Å². The van der Waals surface area contributed by atoms with Crippen LogP contribution in [-0.2, 0) is 31.2 Å². The van der Waals surface area contributed by atoms with E-state index in [0.29, 0.717) is 0 Å². The average molecular weight is 367 g/mol. The van der Waals surface area contributed by atoms with Crippen molar-refractivity contribution >= 4 is 11.3 Å². The van der Waals surface area contributed by atoms with Gasteiger partial charge in [-0.2, -0.15) is 10.2 Å². The first-order chi connectivity index (χ1) is 13.2. The summed E-state index contributed by atoms with van der Waals surface area (Å²) in [5.74, 6) is 1.83. The van der Waals surface area contributed by atoms with Gasteiger partial charge >= 0.3 is 0 Å². The van der Waals surface area contributed by atoms with Crippen molar-refractivity contribution in [2.24, 2.45) is 7.05 Å². The number of aryl methyl sites for hydroxylation is 3. The van der Waals surface area contributed by atoms with E-state index in [4.69, 9.17) is 14.8 Å².